The summed E-state index contributed by atoms with van der Waals surface area (Å²) < 4.78 is 16.0. The molecule has 0 saturated heterocycles. The van der Waals surface area contributed by atoms with Crippen LogP contribution in [0, 0.1) is 0 Å². The second kappa shape index (κ2) is 9.43. The standard InChI is InChI=1S/C17H19NO5S2/c1-4-23-16(20)7-11-9-24-17(18-11)25-10-14(19)13-6-5-12(21-2)8-15(13)22-3/h5-6,8-9H,4,7,10H2,1-3H3. The summed E-state index contributed by atoms with van der Waals surface area (Å²) in [6.45, 7) is 2.11. The van der Waals surface area contributed by atoms with Gasteiger partial charge in [-0.1, -0.05) is 11.8 Å². The first kappa shape index (κ1) is 19.3. The van der Waals surface area contributed by atoms with E-state index in [1.165, 1.54) is 30.2 Å². The van der Waals surface area contributed by atoms with Crippen molar-refractivity contribution in [2.24, 2.45) is 0 Å². The van der Waals surface area contributed by atoms with E-state index < -0.39 is 0 Å². The van der Waals surface area contributed by atoms with Gasteiger partial charge in [0.1, 0.15) is 11.5 Å². The Morgan fingerprint density at radius 2 is 2.04 bits per heavy atom. The van der Waals surface area contributed by atoms with Crippen molar-refractivity contribution in [2.45, 2.75) is 17.7 Å². The molecule has 0 unspecified atom stereocenters. The van der Waals surface area contributed by atoms with E-state index in [9.17, 15) is 9.59 Å². The van der Waals surface area contributed by atoms with Crippen LogP contribution in [0.3, 0.4) is 0 Å². The first-order valence-electron chi connectivity index (χ1n) is 7.55. The number of hydrogen-bond donors (Lipinski definition) is 0. The van der Waals surface area contributed by atoms with Crippen molar-refractivity contribution in [1.82, 2.24) is 4.98 Å². The number of Topliss-reactive ketones (excluding diaryl/α,β-unsaturated/α-hetero) is 1. The van der Waals surface area contributed by atoms with Crippen molar-refractivity contribution in [3.05, 3.63) is 34.8 Å². The fraction of sp³-hybridized carbons (Fsp3) is 0.353. The lowest BCUT2D eigenvalue weighted by Crippen LogP contribution is -2.07. The second-order valence-corrected chi connectivity index (χ2v) is 6.95. The van der Waals surface area contributed by atoms with Gasteiger partial charge < -0.3 is 14.2 Å². The summed E-state index contributed by atoms with van der Waals surface area (Å²) in [6.07, 6.45) is 0.144. The maximum Gasteiger partial charge on any atom is 0.311 e. The number of nitrogens with zero attached hydrogens (tertiary/aromatic N) is 1. The topological polar surface area (TPSA) is 74.7 Å². The van der Waals surface area contributed by atoms with Gasteiger partial charge in [-0.25, -0.2) is 4.98 Å². The molecule has 0 fully saturated rings. The third-order valence-electron chi connectivity index (χ3n) is 3.20. The second-order valence-electron chi connectivity index (χ2n) is 4.86. The lowest BCUT2D eigenvalue weighted by molar-refractivity contribution is -0.142. The summed E-state index contributed by atoms with van der Waals surface area (Å²) >= 11 is 2.74. The van der Waals surface area contributed by atoms with Crippen LogP contribution in [0.2, 0.25) is 0 Å². The number of ether oxygens (including phenoxy) is 3. The predicted octanol–water partition coefficient (Wildman–Crippen LogP) is 3.24. The number of rotatable bonds is 9. The van der Waals surface area contributed by atoms with E-state index in [2.05, 4.69) is 4.98 Å². The van der Waals surface area contributed by atoms with Gasteiger partial charge in [-0.3, -0.25) is 9.59 Å². The Labute approximate surface area is 154 Å². The molecule has 0 N–H and O–H groups in total. The fourth-order valence-electron chi connectivity index (χ4n) is 2.03. The minimum Gasteiger partial charge on any atom is -0.497 e. The van der Waals surface area contributed by atoms with Crippen LogP contribution >= 0.6 is 23.1 Å². The predicted molar refractivity (Wildman–Crippen MR) is 97.1 cm³/mol. The molecule has 2 rings (SSSR count). The van der Waals surface area contributed by atoms with E-state index in [0.29, 0.717) is 29.4 Å². The highest BCUT2D eigenvalue weighted by Gasteiger charge is 2.15. The highest BCUT2D eigenvalue weighted by Crippen LogP contribution is 2.28. The van der Waals surface area contributed by atoms with Crippen LogP contribution in [0.5, 0.6) is 11.5 Å². The summed E-state index contributed by atoms with van der Waals surface area (Å²) in [7, 11) is 3.07. The van der Waals surface area contributed by atoms with Crippen molar-refractivity contribution < 1.29 is 23.8 Å². The van der Waals surface area contributed by atoms with Crippen LogP contribution in [0.15, 0.2) is 27.9 Å². The van der Waals surface area contributed by atoms with Crippen molar-refractivity contribution in [3.8, 4) is 11.5 Å². The number of thioether (sulfide) groups is 1. The van der Waals surface area contributed by atoms with Gasteiger partial charge in [0, 0.05) is 11.4 Å². The molecule has 0 amide bonds. The van der Waals surface area contributed by atoms with Gasteiger partial charge in [0.25, 0.3) is 0 Å². The number of ketones is 1. The molecule has 2 aromatic rings. The number of benzene rings is 1. The lowest BCUT2D eigenvalue weighted by atomic mass is 10.1. The third kappa shape index (κ3) is 5.47. The number of aromatic nitrogens is 1. The van der Waals surface area contributed by atoms with Crippen molar-refractivity contribution in [3.63, 3.8) is 0 Å². The van der Waals surface area contributed by atoms with E-state index in [1.807, 2.05) is 0 Å². The molecule has 0 aliphatic carbocycles. The number of thiazole rings is 1. The Morgan fingerprint density at radius 1 is 1.24 bits per heavy atom. The van der Waals surface area contributed by atoms with Crippen molar-refractivity contribution in [1.29, 1.82) is 0 Å². The Kier molecular flexibility index (Phi) is 7.27. The smallest absolute Gasteiger partial charge is 0.311 e. The molecular formula is C17H19NO5S2. The SMILES string of the molecule is CCOC(=O)Cc1csc(SCC(=O)c2ccc(OC)cc2OC)n1. The Balaban J connectivity index is 1.96. The summed E-state index contributed by atoms with van der Waals surface area (Å²) in [5, 5.41) is 1.80. The highest BCUT2D eigenvalue weighted by molar-refractivity contribution is 8.01. The van der Waals surface area contributed by atoms with Crippen molar-refractivity contribution >= 4 is 34.9 Å². The third-order valence-corrected chi connectivity index (χ3v) is 5.27. The zero-order chi connectivity index (χ0) is 18.2. The normalized spacial score (nSPS) is 10.4. The molecule has 8 heteroatoms. The Bertz CT molecular complexity index is 744. The molecule has 0 atom stereocenters. The quantitative estimate of drug-likeness (QED) is 0.375. The van der Waals surface area contributed by atoms with E-state index >= 15 is 0 Å². The fourth-order valence-corrected chi connectivity index (χ4v) is 3.76. The molecule has 0 aliphatic rings. The summed E-state index contributed by atoms with van der Waals surface area (Å²) in [5.41, 5.74) is 1.15. The van der Waals surface area contributed by atoms with Gasteiger partial charge in [0.05, 0.1) is 44.3 Å². The number of esters is 1. The molecule has 134 valence electrons. The van der Waals surface area contributed by atoms with Gasteiger partial charge >= 0.3 is 5.97 Å². The number of carbonyl (C=O) groups is 2. The molecular weight excluding hydrogens is 362 g/mol. The number of hydrogen-bond acceptors (Lipinski definition) is 8. The Hall–Kier alpha value is -2.06. The van der Waals surface area contributed by atoms with E-state index in [4.69, 9.17) is 14.2 Å². The van der Waals surface area contributed by atoms with Gasteiger partial charge in [-0.15, -0.1) is 11.3 Å². The first-order chi connectivity index (χ1) is 12.1. The van der Waals surface area contributed by atoms with E-state index in [1.54, 1.807) is 37.6 Å². The largest absolute Gasteiger partial charge is 0.497 e. The molecule has 0 spiro atoms. The zero-order valence-electron chi connectivity index (χ0n) is 14.2. The van der Waals surface area contributed by atoms with Crippen LogP contribution in [0.4, 0.5) is 0 Å². The minimum atomic E-state index is -0.302. The minimum absolute atomic E-state index is 0.0633. The molecule has 25 heavy (non-hydrogen) atoms. The maximum absolute atomic E-state index is 12.4. The molecule has 1 heterocycles. The number of methoxy groups -OCH3 is 2. The summed E-state index contributed by atoms with van der Waals surface area (Å²) in [6, 6.07) is 5.09. The molecule has 0 saturated carbocycles. The van der Waals surface area contributed by atoms with Gasteiger partial charge in [-0.05, 0) is 19.1 Å². The molecule has 1 aromatic heterocycles. The molecule has 1 aromatic carbocycles. The molecule has 6 nitrogen and oxygen atoms in total. The monoisotopic (exact) mass is 381 g/mol. The van der Waals surface area contributed by atoms with Gasteiger partial charge in [-0.2, -0.15) is 0 Å². The highest BCUT2D eigenvalue weighted by atomic mass is 32.2. The van der Waals surface area contributed by atoms with Gasteiger partial charge in [0.2, 0.25) is 0 Å². The van der Waals surface area contributed by atoms with E-state index in [-0.39, 0.29) is 23.9 Å². The van der Waals surface area contributed by atoms with E-state index in [0.717, 1.165) is 4.34 Å². The van der Waals surface area contributed by atoms with Crippen LogP contribution in [0.1, 0.15) is 23.0 Å². The van der Waals surface area contributed by atoms with Crippen molar-refractivity contribution in [2.75, 3.05) is 26.6 Å². The summed E-state index contributed by atoms with van der Waals surface area (Å²) in [5.74, 6) is 0.974. The van der Waals surface area contributed by atoms with Crippen LogP contribution in [-0.4, -0.2) is 43.3 Å². The average molecular weight is 381 g/mol. The number of carbonyl (C=O) groups excluding carboxylic acids is 2. The first-order valence-corrected chi connectivity index (χ1v) is 9.42. The molecule has 0 bridgehead atoms. The maximum atomic E-state index is 12.4. The average Bonchev–Trinajstić information content (AvgIpc) is 3.06. The lowest BCUT2D eigenvalue weighted by Gasteiger charge is -2.09. The zero-order valence-corrected chi connectivity index (χ0v) is 15.9. The van der Waals surface area contributed by atoms with Crippen LogP contribution in [-0.2, 0) is 16.0 Å². The summed E-state index contributed by atoms with van der Waals surface area (Å²) in [4.78, 5) is 28.2. The van der Waals surface area contributed by atoms with Gasteiger partial charge in [0.15, 0.2) is 10.1 Å². The van der Waals surface area contributed by atoms with Crippen LogP contribution < -0.4 is 9.47 Å². The molecule has 0 aliphatic heterocycles. The Morgan fingerprint density at radius 3 is 2.72 bits per heavy atom. The molecule has 0 radical (unpaired) electrons. The van der Waals surface area contributed by atoms with Crippen LogP contribution in [0.25, 0.3) is 0 Å².